The Balaban J connectivity index is 2.53. The van der Waals surface area contributed by atoms with E-state index in [0.29, 0.717) is 5.75 Å². The Morgan fingerprint density at radius 3 is 2.53 bits per heavy atom. The molecule has 1 atom stereocenters. The highest BCUT2D eigenvalue weighted by atomic mass is 32.2. The van der Waals surface area contributed by atoms with E-state index in [1.54, 1.807) is 12.1 Å². The van der Waals surface area contributed by atoms with E-state index in [1.807, 2.05) is 0 Å². The summed E-state index contributed by atoms with van der Waals surface area (Å²) in [4.78, 5) is 10.8. The molecule has 0 aliphatic rings. The van der Waals surface area contributed by atoms with Crippen molar-refractivity contribution in [1.82, 2.24) is 0 Å². The molecule has 6 heteroatoms. The van der Waals surface area contributed by atoms with Gasteiger partial charge in [-0.2, -0.15) is 0 Å². The second-order valence-corrected chi connectivity index (χ2v) is 4.04. The Morgan fingerprint density at radius 1 is 1.47 bits per heavy atom. The van der Waals surface area contributed by atoms with Gasteiger partial charge in [0.2, 0.25) is 0 Å². The monoisotopic (exact) mass is 228 g/mol. The van der Waals surface area contributed by atoms with Crippen molar-refractivity contribution in [3.8, 4) is 0 Å². The number of aliphatic hydroxyl groups excluding tert-OH is 1. The van der Waals surface area contributed by atoms with Crippen LogP contribution in [0, 0.1) is 10.1 Å². The van der Waals surface area contributed by atoms with Crippen LogP contribution < -0.4 is 5.73 Å². The summed E-state index contributed by atoms with van der Waals surface area (Å²) in [5, 5.41) is 19.6. The quantitative estimate of drug-likeness (QED) is 0.446. The maximum Gasteiger partial charge on any atom is 0.269 e. The Kier molecular flexibility index (Phi) is 4.54. The van der Waals surface area contributed by atoms with Gasteiger partial charge in [-0.25, -0.2) is 0 Å². The van der Waals surface area contributed by atoms with Crippen LogP contribution in [-0.2, 0) is 0 Å². The van der Waals surface area contributed by atoms with Crippen molar-refractivity contribution in [3.63, 3.8) is 0 Å². The van der Waals surface area contributed by atoms with Crippen LogP contribution in [0.3, 0.4) is 0 Å². The zero-order valence-corrected chi connectivity index (χ0v) is 8.81. The summed E-state index contributed by atoms with van der Waals surface area (Å²) >= 11 is 1.42. The van der Waals surface area contributed by atoms with E-state index in [-0.39, 0.29) is 12.2 Å². The average molecular weight is 228 g/mol. The lowest BCUT2D eigenvalue weighted by molar-refractivity contribution is -0.384. The molecule has 1 rings (SSSR count). The molecular weight excluding hydrogens is 216 g/mol. The molecule has 0 aliphatic carbocycles. The van der Waals surface area contributed by atoms with Crippen molar-refractivity contribution >= 4 is 17.4 Å². The van der Waals surface area contributed by atoms with Crippen LogP contribution in [0.1, 0.15) is 0 Å². The van der Waals surface area contributed by atoms with Gasteiger partial charge < -0.3 is 10.8 Å². The minimum absolute atomic E-state index is 0.0683. The van der Waals surface area contributed by atoms with Crippen LogP contribution in [0.5, 0.6) is 0 Å². The van der Waals surface area contributed by atoms with Crippen molar-refractivity contribution in [3.05, 3.63) is 34.4 Å². The van der Waals surface area contributed by atoms with Crippen molar-refractivity contribution in [2.24, 2.45) is 5.73 Å². The summed E-state index contributed by atoms with van der Waals surface area (Å²) in [6.45, 7) is 0.222. The first-order chi connectivity index (χ1) is 7.13. The number of hydrogen-bond acceptors (Lipinski definition) is 5. The molecule has 5 nitrogen and oxygen atoms in total. The van der Waals surface area contributed by atoms with E-state index in [4.69, 9.17) is 5.73 Å². The number of nitro groups is 1. The number of nitro benzene ring substituents is 1. The van der Waals surface area contributed by atoms with Crippen LogP contribution in [0.2, 0.25) is 0 Å². The third-order valence-corrected chi connectivity index (χ3v) is 2.92. The molecule has 0 bridgehead atoms. The summed E-state index contributed by atoms with van der Waals surface area (Å²) in [6.07, 6.45) is -0.537. The highest BCUT2D eigenvalue weighted by Gasteiger charge is 2.05. The number of hydrogen-bond donors (Lipinski definition) is 2. The molecular formula is C9H12N2O3S. The van der Waals surface area contributed by atoms with Gasteiger partial charge in [0.05, 0.1) is 11.0 Å². The van der Waals surface area contributed by atoms with Crippen molar-refractivity contribution in [1.29, 1.82) is 0 Å². The second-order valence-electron chi connectivity index (χ2n) is 2.95. The lowest BCUT2D eigenvalue weighted by Gasteiger charge is -2.06. The van der Waals surface area contributed by atoms with Gasteiger partial charge in [0.25, 0.3) is 5.69 Å². The standard InChI is InChI=1S/C9H12N2O3S/c10-5-8(12)6-15-9-3-1-7(2-4-9)11(13)14/h1-4,8,12H,5-6,10H2. The van der Waals surface area contributed by atoms with Crippen molar-refractivity contribution < 1.29 is 10.0 Å². The Hall–Kier alpha value is -1.11. The Morgan fingerprint density at radius 2 is 2.07 bits per heavy atom. The van der Waals surface area contributed by atoms with Gasteiger partial charge in [0.1, 0.15) is 0 Å². The predicted molar refractivity (Wildman–Crippen MR) is 58.9 cm³/mol. The maximum absolute atomic E-state index is 10.4. The third-order valence-electron chi connectivity index (χ3n) is 1.76. The summed E-state index contributed by atoms with van der Waals surface area (Å²) < 4.78 is 0. The van der Waals surface area contributed by atoms with Crippen molar-refractivity contribution in [2.45, 2.75) is 11.0 Å². The van der Waals surface area contributed by atoms with Crippen molar-refractivity contribution in [2.75, 3.05) is 12.3 Å². The fourth-order valence-corrected chi connectivity index (χ4v) is 1.77. The molecule has 82 valence electrons. The minimum Gasteiger partial charge on any atom is -0.391 e. The average Bonchev–Trinajstić information content (AvgIpc) is 2.26. The summed E-state index contributed by atoms with van der Waals surface area (Å²) in [5.41, 5.74) is 5.32. The van der Waals surface area contributed by atoms with Crippen LogP contribution in [0.25, 0.3) is 0 Å². The molecule has 0 saturated carbocycles. The van der Waals surface area contributed by atoms with Crippen LogP contribution in [-0.4, -0.2) is 28.4 Å². The third kappa shape index (κ3) is 3.86. The van der Waals surface area contributed by atoms with E-state index in [9.17, 15) is 15.2 Å². The van der Waals surface area contributed by atoms with Gasteiger partial charge in [0.15, 0.2) is 0 Å². The molecule has 0 aromatic heterocycles. The van der Waals surface area contributed by atoms with Gasteiger partial charge >= 0.3 is 0 Å². The minimum atomic E-state index is -0.537. The lowest BCUT2D eigenvalue weighted by Crippen LogP contribution is -2.21. The van der Waals surface area contributed by atoms with E-state index >= 15 is 0 Å². The van der Waals surface area contributed by atoms with Gasteiger partial charge in [-0.05, 0) is 12.1 Å². The van der Waals surface area contributed by atoms with E-state index in [2.05, 4.69) is 0 Å². The highest BCUT2D eigenvalue weighted by Crippen LogP contribution is 2.21. The topological polar surface area (TPSA) is 89.4 Å². The Bertz CT molecular complexity index is 329. The van der Waals surface area contributed by atoms with Crippen LogP contribution >= 0.6 is 11.8 Å². The molecule has 15 heavy (non-hydrogen) atoms. The van der Waals surface area contributed by atoms with Gasteiger partial charge in [0, 0.05) is 29.3 Å². The van der Waals surface area contributed by atoms with E-state index in [1.165, 1.54) is 23.9 Å². The van der Waals surface area contributed by atoms with Crippen LogP contribution in [0.4, 0.5) is 5.69 Å². The second kappa shape index (κ2) is 5.69. The number of non-ortho nitro benzene ring substituents is 1. The highest BCUT2D eigenvalue weighted by molar-refractivity contribution is 7.99. The summed E-state index contributed by atoms with van der Waals surface area (Å²) in [6, 6.07) is 6.20. The van der Waals surface area contributed by atoms with Gasteiger partial charge in [-0.1, -0.05) is 0 Å². The molecule has 0 fully saturated rings. The first-order valence-electron chi connectivity index (χ1n) is 4.39. The van der Waals surface area contributed by atoms with E-state index < -0.39 is 11.0 Å². The normalized spacial score (nSPS) is 12.4. The first kappa shape index (κ1) is 12.0. The molecule has 0 saturated heterocycles. The molecule has 0 radical (unpaired) electrons. The summed E-state index contributed by atoms with van der Waals surface area (Å²) in [5.74, 6) is 0.494. The number of thioether (sulfide) groups is 1. The lowest BCUT2D eigenvalue weighted by atomic mass is 10.3. The van der Waals surface area contributed by atoms with Gasteiger partial charge in [-0.15, -0.1) is 11.8 Å². The molecule has 1 aromatic carbocycles. The number of nitrogens with zero attached hydrogens (tertiary/aromatic N) is 1. The first-order valence-corrected chi connectivity index (χ1v) is 5.37. The number of aliphatic hydroxyl groups is 1. The maximum atomic E-state index is 10.4. The zero-order valence-electron chi connectivity index (χ0n) is 8.00. The number of benzene rings is 1. The van der Waals surface area contributed by atoms with Crippen LogP contribution in [0.15, 0.2) is 29.2 Å². The Labute approximate surface area is 91.4 Å². The van der Waals surface area contributed by atoms with E-state index in [0.717, 1.165) is 4.90 Å². The summed E-state index contributed by atoms with van der Waals surface area (Å²) in [7, 11) is 0. The fraction of sp³-hybridized carbons (Fsp3) is 0.333. The largest absolute Gasteiger partial charge is 0.391 e. The number of nitrogens with two attached hydrogens (primary N) is 1. The molecule has 0 aliphatic heterocycles. The SMILES string of the molecule is NCC(O)CSc1ccc([N+](=O)[O-])cc1. The number of rotatable bonds is 5. The smallest absolute Gasteiger partial charge is 0.269 e. The predicted octanol–water partition coefficient (Wildman–Crippen LogP) is 1.01. The molecule has 0 heterocycles. The van der Waals surface area contributed by atoms with Gasteiger partial charge in [-0.3, -0.25) is 10.1 Å². The molecule has 1 unspecified atom stereocenters. The molecule has 0 amide bonds. The zero-order chi connectivity index (χ0) is 11.3. The molecule has 1 aromatic rings. The fourth-order valence-electron chi connectivity index (χ4n) is 0.925. The molecule has 0 spiro atoms. The molecule has 3 N–H and O–H groups in total.